The maximum absolute atomic E-state index is 13.3. The van der Waals surface area contributed by atoms with Crippen LogP contribution >= 0.6 is 12.2 Å². The lowest BCUT2D eigenvalue weighted by atomic mass is 10.1. The van der Waals surface area contributed by atoms with Gasteiger partial charge in [-0.3, -0.25) is 14.5 Å². The van der Waals surface area contributed by atoms with Crippen LogP contribution in [0.3, 0.4) is 0 Å². The van der Waals surface area contributed by atoms with Crippen molar-refractivity contribution < 1.29 is 18.9 Å². The van der Waals surface area contributed by atoms with E-state index in [-0.39, 0.29) is 12.1 Å². The normalized spacial score (nSPS) is 10.9. The summed E-state index contributed by atoms with van der Waals surface area (Å²) < 4.78 is 24.9. The number of methoxy groups -OCH3 is 4. The Balaban J connectivity index is 1.87. The minimum atomic E-state index is -0.351. The summed E-state index contributed by atoms with van der Waals surface area (Å²) in [6.07, 6.45) is 1.59. The van der Waals surface area contributed by atoms with Crippen LogP contribution in [0.1, 0.15) is 5.82 Å². The molecule has 0 saturated carbocycles. The third kappa shape index (κ3) is 3.56. The molecule has 0 aliphatic rings. The van der Waals surface area contributed by atoms with Crippen LogP contribution in [-0.2, 0) is 6.54 Å². The molecule has 0 bridgehead atoms. The summed E-state index contributed by atoms with van der Waals surface area (Å²) >= 11 is 5.44. The first-order valence-corrected chi connectivity index (χ1v) is 9.92. The van der Waals surface area contributed by atoms with Crippen molar-refractivity contribution in [1.82, 2.24) is 24.5 Å². The fourth-order valence-corrected chi connectivity index (χ4v) is 3.74. The topological polar surface area (TPSA) is 105 Å². The lowest BCUT2D eigenvalue weighted by Gasteiger charge is -2.14. The number of hydrogen-bond acceptors (Lipinski definition) is 8. The number of rotatable bonds is 7. The second kappa shape index (κ2) is 8.71. The van der Waals surface area contributed by atoms with Crippen molar-refractivity contribution in [3.05, 3.63) is 57.5 Å². The van der Waals surface area contributed by atoms with Gasteiger partial charge in [0.05, 0.1) is 45.7 Å². The quantitative estimate of drug-likeness (QED) is 0.424. The van der Waals surface area contributed by atoms with Gasteiger partial charge in [0.15, 0.2) is 22.1 Å². The third-order valence-corrected chi connectivity index (χ3v) is 5.30. The van der Waals surface area contributed by atoms with E-state index >= 15 is 0 Å². The van der Waals surface area contributed by atoms with Crippen molar-refractivity contribution >= 4 is 23.0 Å². The van der Waals surface area contributed by atoms with E-state index in [2.05, 4.69) is 15.3 Å². The van der Waals surface area contributed by atoms with E-state index in [1.165, 1.54) is 18.9 Å². The van der Waals surface area contributed by atoms with Gasteiger partial charge in [0.2, 0.25) is 0 Å². The Hall–Kier alpha value is -3.86. The van der Waals surface area contributed by atoms with E-state index < -0.39 is 0 Å². The van der Waals surface area contributed by atoms with Crippen LogP contribution < -0.4 is 24.5 Å². The van der Waals surface area contributed by atoms with E-state index in [0.717, 1.165) is 0 Å². The van der Waals surface area contributed by atoms with E-state index in [0.29, 0.717) is 50.1 Å². The zero-order chi connectivity index (χ0) is 22.8. The highest BCUT2D eigenvalue weighted by atomic mass is 32.1. The van der Waals surface area contributed by atoms with E-state index in [1.54, 1.807) is 55.3 Å². The van der Waals surface area contributed by atoms with Gasteiger partial charge in [0, 0.05) is 11.5 Å². The Bertz CT molecular complexity index is 1410. The molecule has 2 aromatic heterocycles. The van der Waals surface area contributed by atoms with Crippen molar-refractivity contribution in [2.75, 3.05) is 28.4 Å². The largest absolute Gasteiger partial charge is 0.497 e. The minimum absolute atomic E-state index is 0.0443. The van der Waals surface area contributed by atoms with Crippen LogP contribution in [-0.4, -0.2) is 53.0 Å². The number of hydrogen-bond donors (Lipinski definition) is 1. The molecule has 0 fully saturated rings. The monoisotopic (exact) mass is 455 g/mol. The number of H-pyrrole nitrogens is 1. The van der Waals surface area contributed by atoms with E-state index in [9.17, 15) is 4.79 Å². The van der Waals surface area contributed by atoms with E-state index in [1.807, 2.05) is 0 Å². The predicted octanol–water partition coefficient (Wildman–Crippen LogP) is 2.72. The highest BCUT2D eigenvalue weighted by Crippen LogP contribution is 2.33. The first-order valence-electron chi connectivity index (χ1n) is 9.51. The van der Waals surface area contributed by atoms with Crippen molar-refractivity contribution in [3.8, 4) is 28.7 Å². The number of aromatic amines is 1. The molecule has 166 valence electrons. The SMILES string of the molecule is COc1ccc(OC)c(-n2c(Cn3ncc4ccc(OC)c(OC)c4c3=O)n[nH]c2=S)c1. The number of benzene rings is 2. The molecular weight excluding hydrogens is 434 g/mol. The Morgan fingerprint density at radius 2 is 1.75 bits per heavy atom. The number of nitrogens with zero attached hydrogens (tertiary/aromatic N) is 4. The van der Waals surface area contributed by atoms with Gasteiger partial charge in [-0.15, -0.1) is 0 Å². The number of ether oxygens (including phenoxy) is 4. The molecule has 1 N–H and O–H groups in total. The molecule has 11 heteroatoms. The molecule has 0 radical (unpaired) electrons. The van der Waals surface area contributed by atoms with Gasteiger partial charge in [-0.25, -0.2) is 4.68 Å². The lowest BCUT2D eigenvalue weighted by Crippen LogP contribution is -2.25. The predicted molar refractivity (Wildman–Crippen MR) is 120 cm³/mol. The van der Waals surface area contributed by atoms with E-state index in [4.69, 9.17) is 31.2 Å². The van der Waals surface area contributed by atoms with Gasteiger partial charge < -0.3 is 18.9 Å². The lowest BCUT2D eigenvalue weighted by molar-refractivity contribution is 0.358. The summed E-state index contributed by atoms with van der Waals surface area (Å²) in [5.74, 6) is 2.44. The smallest absolute Gasteiger partial charge is 0.278 e. The molecule has 4 rings (SSSR count). The number of nitrogens with one attached hydrogen (secondary N) is 1. The number of fused-ring (bicyclic) bond motifs is 1. The highest BCUT2D eigenvalue weighted by molar-refractivity contribution is 7.71. The molecule has 10 nitrogen and oxygen atoms in total. The summed E-state index contributed by atoms with van der Waals surface area (Å²) in [7, 11) is 6.13. The maximum Gasteiger partial charge on any atom is 0.278 e. The molecule has 0 saturated heterocycles. The first-order chi connectivity index (χ1) is 15.5. The van der Waals surface area contributed by atoms with Gasteiger partial charge >= 0.3 is 0 Å². The average molecular weight is 455 g/mol. The Kier molecular flexibility index (Phi) is 5.82. The maximum atomic E-state index is 13.3. The highest BCUT2D eigenvalue weighted by Gasteiger charge is 2.18. The molecule has 4 aromatic rings. The summed E-state index contributed by atoms with van der Waals surface area (Å²) in [5, 5.41) is 12.4. The molecule has 2 heterocycles. The zero-order valence-corrected chi connectivity index (χ0v) is 18.7. The van der Waals surface area contributed by atoms with Gasteiger partial charge in [-0.1, -0.05) is 0 Å². The van der Waals surface area contributed by atoms with Crippen molar-refractivity contribution in [1.29, 1.82) is 0 Å². The van der Waals surface area contributed by atoms with Crippen LogP contribution in [0.25, 0.3) is 16.5 Å². The van der Waals surface area contributed by atoms with Crippen LogP contribution in [0, 0.1) is 4.77 Å². The van der Waals surface area contributed by atoms with Crippen LogP contribution in [0.4, 0.5) is 0 Å². The molecule has 0 amide bonds. The summed E-state index contributed by atoms with van der Waals surface area (Å²) in [4.78, 5) is 13.3. The van der Waals surface area contributed by atoms with Crippen molar-refractivity contribution in [3.63, 3.8) is 0 Å². The molecular formula is C21H21N5O5S. The Morgan fingerprint density at radius 1 is 1.00 bits per heavy atom. The van der Waals surface area contributed by atoms with Crippen LogP contribution in [0.2, 0.25) is 0 Å². The molecule has 0 spiro atoms. The van der Waals surface area contributed by atoms with Gasteiger partial charge in [0.25, 0.3) is 5.56 Å². The molecule has 0 aliphatic carbocycles. The Morgan fingerprint density at radius 3 is 2.44 bits per heavy atom. The third-order valence-electron chi connectivity index (χ3n) is 5.02. The molecule has 2 aromatic carbocycles. The Labute approximate surface area is 187 Å². The van der Waals surface area contributed by atoms with Crippen molar-refractivity contribution in [2.45, 2.75) is 6.54 Å². The van der Waals surface area contributed by atoms with Gasteiger partial charge in [-0.2, -0.15) is 10.2 Å². The van der Waals surface area contributed by atoms with Gasteiger partial charge in [-0.05, 0) is 36.5 Å². The molecule has 0 atom stereocenters. The summed E-state index contributed by atoms with van der Waals surface area (Å²) in [5.41, 5.74) is 0.269. The van der Waals surface area contributed by atoms with Gasteiger partial charge in [0.1, 0.15) is 18.0 Å². The summed E-state index contributed by atoms with van der Waals surface area (Å²) in [6.45, 7) is 0.0443. The van der Waals surface area contributed by atoms with Crippen LogP contribution in [0.15, 0.2) is 41.3 Å². The fraction of sp³-hybridized carbons (Fsp3) is 0.238. The zero-order valence-electron chi connectivity index (χ0n) is 17.9. The molecule has 0 unspecified atom stereocenters. The molecule has 0 aliphatic heterocycles. The summed E-state index contributed by atoms with van der Waals surface area (Å²) in [6, 6.07) is 8.81. The number of aromatic nitrogens is 5. The molecule has 32 heavy (non-hydrogen) atoms. The van der Waals surface area contributed by atoms with Crippen LogP contribution in [0.5, 0.6) is 23.0 Å². The minimum Gasteiger partial charge on any atom is -0.497 e. The van der Waals surface area contributed by atoms with Crippen molar-refractivity contribution in [2.24, 2.45) is 0 Å². The fourth-order valence-electron chi connectivity index (χ4n) is 3.49. The second-order valence-electron chi connectivity index (χ2n) is 6.69. The second-order valence-corrected chi connectivity index (χ2v) is 7.08. The first kappa shape index (κ1) is 21.4. The average Bonchev–Trinajstić information content (AvgIpc) is 3.19. The standard InChI is InChI=1S/C21H21N5O5S/c1-28-13-6-8-15(29-2)14(9-13)26-17(23-24-21(26)32)11-25-20(27)18-12(10-22-25)5-7-16(30-3)19(18)31-4/h5-10H,11H2,1-4H3,(H,24,32).